The van der Waals surface area contributed by atoms with Gasteiger partial charge in [0.25, 0.3) is 5.91 Å². The van der Waals surface area contributed by atoms with Gasteiger partial charge in [-0.3, -0.25) is 4.79 Å². The van der Waals surface area contributed by atoms with E-state index in [1.165, 1.54) is 32.4 Å². The number of rotatable bonds is 7. The largest absolute Gasteiger partial charge is 0.495 e. The molecule has 0 bridgehead atoms. The number of oxime groups is 1. The second-order valence-electron chi connectivity index (χ2n) is 10.9. The Bertz CT molecular complexity index is 1280. The van der Waals surface area contributed by atoms with Crippen molar-refractivity contribution >= 4 is 34.9 Å². The third-order valence-electron chi connectivity index (χ3n) is 8.10. The van der Waals surface area contributed by atoms with Crippen LogP contribution in [0.25, 0.3) is 0 Å². The number of benzene rings is 1. The fourth-order valence-corrected chi connectivity index (χ4v) is 5.80. The van der Waals surface area contributed by atoms with Gasteiger partial charge in [-0.1, -0.05) is 18.0 Å². The van der Waals surface area contributed by atoms with Gasteiger partial charge < -0.3 is 34.9 Å². The molecular weight excluding hydrogens is 534 g/mol. The predicted molar refractivity (Wildman–Crippen MR) is 154 cm³/mol. The summed E-state index contributed by atoms with van der Waals surface area (Å²) < 4.78 is 36.5. The Morgan fingerprint density at radius 3 is 2.54 bits per heavy atom. The lowest BCUT2D eigenvalue weighted by atomic mass is 10.0. The molecule has 41 heavy (non-hydrogen) atoms. The van der Waals surface area contributed by atoms with Crippen LogP contribution in [0.2, 0.25) is 0 Å². The van der Waals surface area contributed by atoms with Crippen LogP contribution in [0.3, 0.4) is 0 Å². The zero-order valence-electron chi connectivity index (χ0n) is 24.0. The maximum atomic E-state index is 15.4. The summed E-state index contributed by atoms with van der Waals surface area (Å²) in [6, 6.07) is 5.18. The van der Waals surface area contributed by atoms with E-state index in [1.54, 1.807) is 23.1 Å². The van der Waals surface area contributed by atoms with Gasteiger partial charge in [-0.15, -0.1) is 0 Å². The van der Waals surface area contributed by atoms with Crippen LogP contribution in [0.5, 0.6) is 5.75 Å². The Balaban J connectivity index is 1.41. The number of ether oxygens (including phenoxy) is 1. The van der Waals surface area contributed by atoms with E-state index in [1.807, 2.05) is 0 Å². The number of hydrogen-bond donors (Lipinski definition) is 2. The van der Waals surface area contributed by atoms with Crippen LogP contribution in [-0.4, -0.2) is 92.6 Å². The number of fused-ring (bicyclic) bond motifs is 1. The number of piperidine rings is 1. The number of halogens is 2. The number of nitrogens with zero attached hydrogens (tertiary/aromatic N) is 6. The summed E-state index contributed by atoms with van der Waals surface area (Å²) in [4.78, 5) is 32.1. The zero-order chi connectivity index (χ0) is 29.1. The number of amidine groups is 1. The summed E-state index contributed by atoms with van der Waals surface area (Å²) in [6.07, 6.45) is 6.88. The highest BCUT2D eigenvalue weighted by Gasteiger charge is 2.47. The quantitative estimate of drug-likeness (QED) is 0.479. The van der Waals surface area contributed by atoms with Gasteiger partial charge >= 0.3 is 5.92 Å². The smallest absolute Gasteiger partial charge is 0.325 e. The second-order valence-corrected chi connectivity index (χ2v) is 10.9. The number of carbonyl (C=O) groups is 1. The maximum absolute atomic E-state index is 15.4. The molecule has 1 aromatic carbocycles. The Labute approximate surface area is 238 Å². The van der Waals surface area contributed by atoms with E-state index in [0.717, 1.165) is 51.6 Å². The summed E-state index contributed by atoms with van der Waals surface area (Å²) in [7, 11) is 6.36. The molecule has 0 radical (unpaired) electrons. The first kappa shape index (κ1) is 28.8. The minimum atomic E-state index is -3.27. The van der Waals surface area contributed by atoms with Crippen molar-refractivity contribution in [1.82, 2.24) is 20.2 Å². The van der Waals surface area contributed by atoms with Crippen LogP contribution >= 0.6 is 0 Å². The van der Waals surface area contributed by atoms with Gasteiger partial charge in [-0.2, -0.15) is 13.8 Å². The molecule has 0 spiro atoms. The van der Waals surface area contributed by atoms with Crippen molar-refractivity contribution in [1.29, 1.82) is 0 Å². The van der Waals surface area contributed by atoms with Crippen molar-refractivity contribution in [3.8, 4) is 5.75 Å². The number of amides is 1. The van der Waals surface area contributed by atoms with Crippen molar-refractivity contribution < 1.29 is 23.1 Å². The first-order valence-corrected chi connectivity index (χ1v) is 14.0. The number of likely N-dealkylation sites (tertiary alicyclic amines) is 1. The van der Waals surface area contributed by atoms with Crippen LogP contribution < -0.4 is 25.2 Å². The van der Waals surface area contributed by atoms with Crippen molar-refractivity contribution in [3.63, 3.8) is 0 Å². The number of aromatic nitrogens is 2. The van der Waals surface area contributed by atoms with Crippen molar-refractivity contribution in [2.75, 3.05) is 63.1 Å². The van der Waals surface area contributed by atoms with Gasteiger partial charge in [0.05, 0.1) is 25.5 Å². The molecule has 2 N–H and O–H groups in total. The Kier molecular flexibility index (Phi) is 8.43. The minimum absolute atomic E-state index is 0.0745. The predicted octanol–water partition coefficient (Wildman–Crippen LogP) is 3.85. The molecule has 2 fully saturated rings. The van der Waals surface area contributed by atoms with E-state index < -0.39 is 18.3 Å². The lowest BCUT2D eigenvalue weighted by Gasteiger charge is -2.31. The van der Waals surface area contributed by atoms with E-state index in [0.29, 0.717) is 28.5 Å². The third-order valence-corrected chi connectivity index (χ3v) is 8.10. The lowest BCUT2D eigenvalue weighted by molar-refractivity contribution is 0.0749. The average Bonchev–Trinajstić information content (AvgIpc) is 3.48. The molecule has 11 nitrogen and oxygen atoms in total. The zero-order valence-corrected chi connectivity index (χ0v) is 24.0. The highest BCUT2D eigenvalue weighted by Crippen LogP contribution is 2.40. The SMILES string of the molecule is CO/N=C1\N(C)c2cnc(Nc3ccc(C(=O)NC4CCN(C)CC4)cc3OC)nc2N(C2CCCC2)CC1(F)F. The molecule has 1 amide bonds. The standard InChI is InChI=1S/C28H38F2N8O3/c1-36-13-11-19(12-14-36)32-25(39)18-9-10-21(23(15-18)40-3)33-27-31-16-22-24(34-27)38(20-7-5-6-8-20)17-28(29,30)26(35-41-4)37(22)2/h9-10,15-16,19-20H,5-8,11-14,17H2,1-4H3,(H,32,39)(H,31,33,34)/b35-26-. The van der Waals surface area contributed by atoms with E-state index >= 15 is 8.78 Å². The Morgan fingerprint density at radius 1 is 1.12 bits per heavy atom. The summed E-state index contributed by atoms with van der Waals surface area (Å²) >= 11 is 0. The highest BCUT2D eigenvalue weighted by atomic mass is 19.3. The van der Waals surface area contributed by atoms with E-state index in [9.17, 15) is 4.79 Å². The molecule has 0 atom stereocenters. The summed E-state index contributed by atoms with van der Waals surface area (Å²) in [5, 5.41) is 9.93. The van der Waals surface area contributed by atoms with Gasteiger partial charge in [-0.25, -0.2) is 4.98 Å². The normalized spacial score (nSPS) is 21.0. The van der Waals surface area contributed by atoms with Crippen LogP contribution in [0.15, 0.2) is 29.6 Å². The Morgan fingerprint density at radius 2 is 1.85 bits per heavy atom. The monoisotopic (exact) mass is 572 g/mol. The van der Waals surface area contributed by atoms with Crippen LogP contribution in [0.1, 0.15) is 48.9 Å². The minimum Gasteiger partial charge on any atom is -0.495 e. The molecule has 1 aliphatic carbocycles. The first-order chi connectivity index (χ1) is 19.7. The molecule has 1 aromatic heterocycles. The van der Waals surface area contributed by atoms with Crippen molar-refractivity contribution in [2.24, 2.45) is 5.16 Å². The number of hydrogen-bond acceptors (Lipinski definition) is 9. The molecule has 3 aliphatic rings. The molecule has 13 heteroatoms. The number of alkyl halides is 2. The van der Waals surface area contributed by atoms with E-state index in [2.05, 4.69) is 32.7 Å². The number of methoxy groups -OCH3 is 1. The van der Waals surface area contributed by atoms with Crippen molar-refractivity contribution in [3.05, 3.63) is 30.0 Å². The fourth-order valence-electron chi connectivity index (χ4n) is 5.80. The summed E-state index contributed by atoms with van der Waals surface area (Å²) in [6.45, 7) is 1.33. The highest BCUT2D eigenvalue weighted by molar-refractivity contribution is 6.05. The molecule has 1 saturated carbocycles. The second kappa shape index (κ2) is 12.0. The lowest BCUT2D eigenvalue weighted by Crippen LogP contribution is -2.48. The van der Waals surface area contributed by atoms with E-state index in [-0.39, 0.29) is 23.9 Å². The first-order valence-electron chi connectivity index (χ1n) is 14.0. The summed E-state index contributed by atoms with van der Waals surface area (Å²) in [5.41, 5.74) is 1.43. The van der Waals surface area contributed by atoms with Crippen LogP contribution in [-0.2, 0) is 4.84 Å². The van der Waals surface area contributed by atoms with Crippen molar-refractivity contribution in [2.45, 2.75) is 56.5 Å². The van der Waals surface area contributed by atoms with E-state index in [4.69, 9.17) is 14.6 Å². The molecule has 3 heterocycles. The maximum Gasteiger partial charge on any atom is 0.325 e. The van der Waals surface area contributed by atoms with Gasteiger partial charge in [0.1, 0.15) is 18.5 Å². The number of nitrogens with one attached hydrogen (secondary N) is 2. The number of anilines is 4. The molecular formula is C28H38F2N8O3. The van der Waals surface area contributed by atoms with Gasteiger partial charge in [0.15, 0.2) is 5.82 Å². The average molecular weight is 573 g/mol. The third kappa shape index (κ3) is 6.14. The molecule has 2 aromatic rings. The van der Waals surface area contributed by atoms with Crippen LogP contribution in [0, 0.1) is 0 Å². The molecule has 0 unspecified atom stereocenters. The van der Waals surface area contributed by atoms with Gasteiger partial charge in [0.2, 0.25) is 11.8 Å². The topological polar surface area (TPSA) is 107 Å². The molecule has 222 valence electrons. The number of carbonyl (C=O) groups excluding carboxylic acids is 1. The van der Waals surface area contributed by atoms with Gasteiger partial charge in [-0.05, 0) is 64.0 Å². The molecule has 2 aliphatic heterocycles. The van der Waals surface area contributed by atoms with Gasteiger partial charge in [0, 0.05) is 24.7 Å². The molecule has 5 rings (SSSR count). The fraction of sp³-hybridized carbons (Fsp3) is 0.571. The molecule has 1 saturated heterocycles. The van der Waals surface area contributed by atoms with Crippen LogP contribution in [0.4, 0.5) is 31.9 Å². The summed E-state index contributed by atoms with van der Waals surface area (Å²) in [5.74, 6) is -2.87. The Hall–Kier alpha value is -3.74.